The van der Waals surface area contributed by atoms with Crippen molar-refractivity contribution >= 4 is 11.6 Å². The molecular weight excluding hydrogens is 291 g/mol. The minimum atomic E-state index is -4.64. The van der Waals surface area contributed by atoms with Crippen molar-refractivity contribution in [1.82, 2.24) is 4.90 Å². The summed E-state index contributed by atoms with van der Waals surface area (Å²) in [6.45, 7) is 1.64. The molecule has 1 aromatic carbocycles. The normalized spacial score (nSPS) is 11.9. The Kier molecular flexibility index (Phi) is 7.16. The van der Waals surface area contributed by atoms with Crippen molar-refractivity contribution < 1.29 is 17.9 Å². The van der Waals surface area contributed by atoms with Gasteiger partial charge >= 0.3 is 6.36 Å². The molecule has 0 aliphatic heterocycles. The van der Waals surface area contributed by atoms with Crippen LogP contribution in [0, 0.1) is 0 Å². The summed E-state index contributed by atoms with van der Waals surface area (Å²) in [5, 5.41) is 0. The minimum Gasteiger partial charge on any atom is -0.406 e. The molecule has 114 valence electrons. The van der Waals surface area contributed by atoms with E-state index in [0.29, 0.717) is 12.4 Å². The Morgan fingerprint density at radius 3 is 2.30 bits per heavy atom. The highest BCUT2D eigenvalue weighted by molar-refractivity contribution is 6.17. The van der Waals surface area contributed by atoms with E-state index in [2.05, 4.69) is 9.64 Å². The molecule has 2 nitrogen and oxygen atoms in total. The number of benzene rings is 1. The van der Waals surface area contributed by atoms with Crippen molar-refractivity contribution in [1.29, 1.82) is 0 Å². The standard InChI is InChI=1S/C14H19ClF3NO/c1-19(10-4-2-3-9-15)11-12-5-7-13(8-6-12)20-14(16,17)18/h5-8H,2-4,9-11H2,1H3. The van der Waals surface area contributed by atoms with E-state index < -0.39 is 6.36 Å². The van der Waals surface area contributed by atoms with Crippen LogP contribution < -0.4 is 4.74 Å². The fourth-order valence-corrected chi connectivity index (χ4v) is 2.03. The Hall–Kier alpha value is -0.940. The Labute approximate surface area is 122 Å². The smallest absolute Gasteiger partial charge is 0.406 e. The molecular formula is C14H19ClF3NO. The number of hydrogen-bond acceptors (Lipinski definition) is 2. The fourth-order valence-electron chi connectivity index (χ4n) is 1.84. The van der Waals surface area contributed by atoms with Crippen LogP contribution in [-0.4, -0.2) is 30.7 Å². The van der Waals surface area contributed by atoms with Crippen molar-refractivity contribution in [3.05, 3.63) is 29.8 Å². The molecule has 0 saturated heterocycles. The van der Waals surface area contributed by atoms with E-state index in [0.717, 1.165) is 31.4 Å². The molecule has 0 heterocycles. The van der Waals surface area contributed by atoms with Gasteiger partial charge in [0.15, 0.2) is 0 Å². The lowest BCUT2D eigenvalue weighted by Gasteiger charge is -2.17. The van der Waals surface area contributed by atoms with E-state index in [1.54, 1.807) is 12.1 Å². The summed E-state index contributed by atoms with van der Waals surface area (Å²) in [4.78, 5) is 2.13. The first kappa shape index (κ1) is 17.1. The zero-order valence-corrected chi connectivity index (χ0v) is 12.2. The Balaban J connectivity index is 2.37. The van der Waals surface area contributed by atoms with Gasteiger partial charge in [0.1, 0.15) is 5.75 Å². The molecule has 0 spiro atoms. The van der Waals surface area contributed by atoms with Crippen molar-refractivity contribution in [2.75, 3.05) is 19.5 Å². The molecule has 0 aromatic heterocycles. The molecule has 0 aliphatic rings. The first-order chi connectivity index (χ1) is 9.40. The maximum Gasteiger partial charge on any atom is 0.573 e. The van der Waals surface area contributed by atoms with Crippen molar-refractivity contribution in [3.8, 4) is 5.75 Å². The SMILES string of the molecule is CN(CCCCCCl)Cc1ccc(OC(F)(F)F)cc1. The second-order valence-electron chi connectivity index (χ2n) is 4.68. The van der Waals surface area contributed by atoms with Gasteiger partial charge in [0, 0.05) is 12.4 Å². The van der Waals surface area contributed by atoms with Gasteiger partial charge in [0.05, 0.1) is 0 Å². The predicted molar refractivity (Wildman–Crippen MR) is 74.0 cm³/mol. The molecule has 1 rings (SSSR count). The van der Waals surface area contributed by atoms with Crippen LogP contribution in [0.15, 0.2) is 24.3 Å². The van der Waals surface area contributed by atoms with Crippen LogP contribution in [0.2, 0.25) is 0 Å². The lowest BCUT2D eigenvalue weighted by molar-refractivity contribution is -0.274. The zero-order valence-electron chi connectivity index (χ0n) is 11.4. The average Bonchev–Trinajstić information content (AvgIpc) is 2.35. The van der Waals surface area contributed by atoms with E-state index in [9.17, 15) is 13.2 Å². The molecule has 0 radical (unpaired) electrons. The number of unbranched alkanes of at least 4 members (excludes halogenated alkanes) is 2. The van der Waals surface area contributed by atoms with Crippen molar-refractivity contribution in [2.24, 2.45) is 0 Å². The maximum atomic E-state index is 12.0. The summed E-state index contributed by atoms with van der Waals surface area (Å²) < 4.78 is 39.9. The third-order valence-corrected chi connectivity index (χ3v) is 3.05. The second-order valence-corrected chi connectivity index (χ2v) is 5.06. The molecule has 0 N–H and O–H groups in total. The second kappa shape index (κ2) is 8.37. The molecule has 0 aliphatic carbocycles. The van der Waals surface area contributed by atoms with Crippen LogP contribution in [0.4, 0.5) is 13.2 Å². The Morgan fingerprint density at radius 1 is 1.10 bits per heavy atom. The molecule has 0 unspecified atom stereocenters. The van der Waals surface area contributed by atoms with Gasteiger partial charge in [0.25, 0.3) is 0 Å². The number of hydrogen-bond donors (Lipinski definition) is 0. The van der Waals surface area contributed by atoms with Gasteiger partial charge in [-0.1, -0.05) is 18.6 Å². The first-order valence-electron chi connectivity index (χ1n) is 6.50. The molecule has 6 heteroatoms. The molecule has 0 saturated carbocycles. The molecule has 0 fully saturated rings. The highest BCUT2D eigenvalue weighted by Crippen LogP contribution is 2.22. The summed E-state index contributed by atoms with van der Waals surface area (Å²) in [6, 6.07) is 5.97. The van der Waals surface area contributed by atoms with E-state index in [4.69, 9.17) is 11.6 Å². The lowest BCUT2D eigenvalue weighted by Crippen LogP contribution is -2.19. The summed E-state index contributed by atoms with van der Waals surface area (Å²) in [7, 11) is 1.99. The van der Waals surface area contributed by atoms with E-state index in [1.807, 2.05) is 7.05 Å². The Bertz CT molecular complexity index is 381. The van der Waals surface area contributed by atoms with Gasteiger partial charge in [-0.25, -0.2) is 0 Å². The first-order valence-corrected chi connectivity index (χ1v) is 7.03. The minimum absolute atomic E-state index is 0.189. The monoisotopic (exact) mass is 309 g/mol. The van der Waals surface area contributed by atoms with E-state index >= 15 is 0 Å². The van der Waals surface area contributed by atoms with Gasteiger partial charge in [-0.3, -0.25) is 0 Å². The predicted octanol–water partition coefficient (Wildman–Crippen LogP) is 4.43. The van der Waals surface area contributed by atoms with Gasteiger partial charge < -0.3 is 9.64 Å². The van der Waals surface area contributed by atoms with Crippen LogP contribution >= 0.6 is 11.6 Å². The topological polar surface area (TPSA) is 12.5 Å². The summed E-state index contributed by atoms with van der Waals surface area (Å²) in [5.74, 6) is 0.496. The summed E-state index contributed by atoms with van der Waals surface area (Å²) in [5.41, 5.74) is 0.958. The Morgan fingerprint density at radius 2 is 1.75 bits per heavy atom. The third kappa shape index (κ3) is 7.60. The number of alkyl halides is 4. The number of ether oxygens (including phenoxy) is 1. The van der Waals surface area contributed by atoms with Crippen LogP contribution in [0.1, 0.15) is 24.8 Å². The number of nitrogens with zero attached hydrogens (tertiary/aromatic N) is 1. The van der Waals surface area contributed by atoms with Crippen molar-refractivity contribution in [3.63, 3.8) is 0 Å². The van der Waals surface area contributed by atoms with Crippen LogP contribution in [-0.2, 0) is 6.54 Å². The number of halogens is 4. The van der Waals surface area contributed by atoms with E-state index in [1.165, 1.54) is 12.1 Å². The van der Waals surface area contributed by atoms with E-state index in [-0.39, 0.29) is 5.75 Å². The summed E-state index contributed by atoms with van der Waals surface area (Å²) in [6.07, 6.45) is -1.47. The summed E-state index contributed by atoms with van der Waals surface area (Å²) >= 11 is 5.60. The quantitative estimate of drug-likeness (QED) is 0.520. The van der Waals surface area contributed by atoms with Crippen LogP contribution in [0.3, 0.4) is 0 Å². The van der Waals surface area contributed by atoms with Crippen LogP contribution in [0.25, 0.3) is 0 Å². The maximum absolute atomic E-state index is 12.0. The molecule has 20 heavy (non-hydrogen) atoms. The molecule has 0 amide bonds. The van der Waals surface area contributed by atoms with Gasteiger partial charge in [0.2, 0.25) is 0 Å². The largest absolute Gasteiger partial charge is 0.573 e. The zero-order chi connectivity index (χ0) is 15.0. The van der Waals surface area contributed by atoms with Gasteiger partial charge in [-0.15, -0.1) is 24.8 Å². The third-order valence-electron chi connectivity index (χ3n) is 2.78. The van der Waals surface area contributed by atoms with Crippen molar-refractivity contribution in [2.45, 2.75) is 32.2 Å². The highest BCUT2D eigenvalue weighted by atomic mass is 35.5. The molecule has 1 aromatic rings. The number of rotatable bonds is 8. The molecule has 0 atom stereocenters. The lowest BCUT2D eigenvalue weighted by atomic mass is 10.2. The van der Waals surface area contributed by atoms with Gasteiger partial charge in [-0.2, -0.15) is 0 Å². The molecule has 0 bridgehead atoms. The fraction of sp³-hybridized carbons (Fsp3) is 0.571. The van der Waals surface area contributed by atoms with Gasteiger partial charge in [-0.05, 0) is 44.1 Å². The van der Waals surface area contributed by atoms with Crippen LogP contribution in [0.5, 0.6) is 5.75 Å². The highest BCUT2D eigenvalue weighted by Gasteiger charge is 2.30. The average molecular weight is 310 g/mol.